The van der Waals surface area contributed by atoms with Gasteiger partial charge < -0.3 is 14.1 Å². The van der Waals surface area contributed by atoms with Crippen LogP contribution in [0.2, 0.25) is 0 Å². The zero-order chi connectivity index (χ0) is 19.1. The average molecular weight is 428 g/mol. The molecule has 1 aromatic heterocycles. The number of furan rings is 1. The van der Waals surface area contributed by atoms with Crippen molar-refractivity contribution < 1.29 is 18.7 Å². The molecule has 0 radical (unpaired) electrons. The van der Waals surface area contributed by atoms with Gasteiger partial charge in [0.2, 0.25) is 5.76 Å². The van der Waals surface area contributed by atoms with Crippen molar-refractivity contribution in [2.24, 2.45) is 0 Å². The number of hydrogen-bond donors (Lipinski definition) is 0. The van der Waals surface area contributed by atoms with Crippen molar-refractivity contribution in [3.05, 3.63) is 63.8 Å². The zero-order valence-electron chi connectivity index (χ0n) is 15.0. The van der Waals surface area contributed by atoms with Crippen molar-refractivity contribution in [1.82, 2.24) is 0 Å². The molecule has 1 amide bonds. The van der Waals surface area contributed by atoms with Gasteiger partial charge in [0.1, 0.15) is 5.58 Å². The molecule has 4 rings (SSSR count). The van der Waals surface area contributed by atoms with E-state index in [1.54, 1.807) is 17.9 Å². The fourth-order valence-corrected chi connectivity index (χ4v) is 3.96. The largest absolute Gasteiger partial charge is 0.450 e. The first-order valence-electron chi connectivity index (χ1n) is 8.71. The summed E-state index contributed by atoms with van der Waals surface area (Å²) in [6.45, 7) is 3.47. The van der Waals surface area contributed by atoms with Crippen LogP contribution in [0.15, 0.2) is 51.4 Å². The molecule has 27 heavy (non-hydrogen) atoms. The summed E-state index contributed by atoms with van der Waals surface area (Å²) in [7, 11) is 0. The summed E-state index contributed by atoms with van der Waals surface area (Å²) in [5.41, 5.74) is 3.32. The maximum atomic E-state index is 12.7. The molecule has 0 bridgehead atoms. The first-order chi connectivity index (χ1) is 13.0. The Balaban J connectivity index is 1.50. The van der Waals surface area contributed by atoms with E-state index in [-0.39, 0.29) is 24.3 Å². The number of fused-ring (bicyclic) bond motifs is 2. The Morgan fingerprint density at radius 1 is 1.26 bits per heavy atom. The Morgan fingerprint density at radius 2 is 2.04 bits per heavy atom. The van der Waals surface area contributed by atoms with Gasteiger partial charge in [0.05, 0.1) is 0 Å². The van der Waals surface area contributed by atoms with Crippen LogP contribution in [-0.2, 0) is 16.0 Å². The Hall–Kier alpha value is -2.60. The number of carbonyl (C=O) groups excluding carboxylic acids is 2. The third-order valence-corrected chi connectivity index (χ3v) is 5.38. The molecule has 1 aliphatic rings. The first-order valence-corrected chi connectivity index (χ1v) is 9.50. The maximum Gasteiger partial charge on any atom is 0.375 e. The molecule has 0 spiro atoms. The summed E-state index contributed by atoms with van der Waals surface area (Å²) in [4.78, 5) is 26.8. The Kier molecular flexibility index (Phi) is 4.52. The summed E-state index contributed by atoms with van der Waals surface area (Å²) in [6, 6.07) is 13.4. The number of anilines is 1. The van der Waals surface area contributed by atoms with E-state index in [4.69, 9.17) is 9.15 Å². The highest BCUT2D eigenvalue weighted by molar-refractivity contribution is 9.10. The fourth-order valence-electron chi connectivity index (χ4n) is 3.60. The molecule has 5 nitrogen and oxygen atoms in total. The second-order valence-corrected chi connectivity index (χ2v) is 7.63. The van der Waals surface area contributed by atoms with E-state index >= 15 is 0 Å². The summed E-state index contributed by atoms with van der Waals surface area (Å²) in [5.74, 6) is -0.739. The Bertz CT molecular complexity index is 1060. The van der Waals surface area contributed by atoms with Crippen molar-refractivity contribution in [2.75, 3.05) is 11.5 Å². The highest BCUT2D eigenvalue weighted by Gasteiger charge is 2.31. The van der Waals surface area contributed by atoms with Crippen LogP contribution >= 0.6 is 15.9 Å². The Morgan fingerprint density at radius 3 is 2.85 bits per heavy atom. The molecule has 6 heteroatoms. The molecule has 2 aromatic carbocycles. The van der Waals surface area contributed by atoms with Gasteiger partial charge in [0.25, 0.3) is 5.91 Å². The molecule has 2 heterocycles. The van der Waals surface area contributed by atoms with E-state index < -0.39 is 5.97 Å². The van der Waals surface area contributed by atoms with Gasteiger partial charge in [-0.05, 0) is 50.1 Å². The van der Waals surface area contributed by atoms with Crippen LogP contribution in [0.25, 0.3) is 11.0 Å². The summed E-state index contributed by atoms with van der Waals surface area (Å²) in [5, 5.41) is 0.838. The van der Waals surface area contributed by atoms with Crippen molar-refractivity contribution in [2.45, 2.75) is 26.3 Å². The van der Waals surface area contributed by atoms with Crippen LogP contribution in [0.3, 0.4) is 0 Å². The van der Waals surface area contributed by atoms with Crippen LogP contribution in [0, 0.1) is 6.92 Å². The van der Waals surface area contributed by atoms with Crippen molar-refractivity contribution in [3.63, 3.8) is 0 Å². The molecule has 3 aromatic rings. The molecule has 0 saturated heterocycles. The van der Waals surface area contributed by atoms with Crippen molar-refractivity contribution >= 4 is 44.5 Å². The number of esters is 1. The fraction of sp³-hybridized carbons (Fsp3) is 0.238. The monoisotopic (exact) mass is 427 g/mol. The number of rotatable bonds is 3. The molecule has 1 atom stereocenters. The number of nitrogens with zero attached hydrogens (tertiary/aromatic N) is 1. The Labute approximate surface area is 165 Å². The summed E-state index contributed by atoms with van der Waals surface area (Å²) in [6.07, 6.45) is 0.799. The molecular weight excluding hydrogens is 410 g/mol. The topological polar surface area (TPSA) is 59.8 Å². The van der Waals surface area contributed by atoms with Gasteiger partial charge in [0.15, 0.2) is 6.61 Å². The number of para-hydroxylation sites is 1. The second-order valence-electron chi connectivity index (χ2n) is 6.72. The van der Waals surface area contributed by atoms with E-state index in [9.17, 15) is 9.59 Å². The van der Waals surface area contributed by atoms with Crippen LogP contribution < -0.4 is 4.90 Å². The number of ether oxygens (including phenoxy) is 1. The van der Waals surface area contributed by atoms with Gasteiger partial charge in [-0.2, -0.15) is 0 Å². The number of hydrogen-bond acceptors (Lipinski definition) is 4. The van der Waals surface area contributed by atoms with Gasteiger partial charge in [-0.15, -0.1) is 0 Å². The average Bonchev–Trinajstić information content (AvgIpc) is 3.16. The van der Waals surface area contributed by atoms with Gasteiger partial charge in [-0.1, -0.05) is 34.1 Å². The smallest absolute Gasteiger partial charge is 0.375 e. The van der Waals surface area contributed by atoms with E-state index in [0.717, 1.165) is 27.5 Å². The van der Waals surface area contributed by atoms with Crippen molar-refractivity contribution in [1.29, 1.82) is 0 Å². The number of aryl methyl sites for hydroxylation is 1. The SMILES string of the molecule is Cc1c(C(=O)OCC(=O)N2c3ccccc3CC2C)oc2ccc(Br)cc12. The molecule has 0 fully saturated rings. The van der Waals surface area contributed by atoms with E-state index in [0.29, 0.717) is 11.1 Å². The predicted octanol–water partition coefficient (Wildman–Crippen LogP) is 4.64. The van der Waals surface area contributed by atoms with Crippen LogP contribution in [0.5, 0.6) is 0 Å². The second kappa shape index (κ2) is 6.85. The minimum Gasteiger partial charge on any atom is -0.450 e. The van der Waals surface area contributed by atoms with E-state index in [1.807, 2.05) is 43.3 Å². The summed E-state index contributed by atoms with van der Waals surface area (Å²) >= 11 is 3.41. The lowest BCUT2D eigenvalue weighted by molar-refractivity contribution is -0.122. The number of halogens is 1. The van der Waals surface area contributed by atoms with Gasteiger partial charge in [0, 0.05) is 27.2 Å². The van der Waals surface area contributed by atoms with E-state index in [2.05, 4.69) is 15.9 Å². The molecular formula is C21H18BrNO4. The molecule has 1 aliphatic heterocycles. The zero-order valence-corrected chi connectivity index (χ0v) is 16.6. The van der Waals surface area contributed by atoms with Crippen LogP contribution in [0.4, 0.5) is 5.69 Å². The lowest BCUT2D eigenvalue weighted by Gasteiger charge is -2.22. The summed E-state index contributed by atoms with van der Waals surface area (Å²) < 4.78 is 11.8. The molecule has 138 valence electrons. The number of benzene rings is 2. The van der Waals surface area contributed by atoms with Crippen LogP contribution in [-0.4, -0.2) is 24.5 Å². The minimum absolute atomic E-state index is 0.0406. The highest BCUT2D eigenvalue weighted by Crippen LogP contribution is 2.32. The van der Waals surface area contributed by atoms with Gasteiger partial charge in [-0.3, -0.25) is 4.79 Å². The maximum absolute atomic E-state index is 12.7. The standard InChI is InChI=1S/C21H18BrNO4/c1-12-9-14-5-3-4-6-17(14)23(12)19(24)11-26-21(25)20-13(2)16-10-15(22)7-8-18(16)27-20/h3-8,10,12H,9,11H2,1-2H3. The third kappa shape index (κ3) is 3.14. The predicted molar refractivity (Wildman–Crippen MR) is 106 cm³/mol. The first kappa shape index (κ1) is 17.8. The van der Waals surface area contributed by atoms with Crippen molar-refractivity contribution in [3.8, 4) is 0 Å². The lowest BCUT2D eigenvalue weighted by Crippen LogP contribution is -2.38. The molecule has 1 unspecified atom stereocenters. The quantitative estimate of drug-likeness (QED) is 0.571. The third-order valence-electron chi connectivity index (χ3n) is 4.89. The number of amides is 1. The molecule has 0 aliphatic carbocycles. The van der Waals surface area contributed by atoms with Gasteiger partial charge >= 0.3 is 5.97 Å². The van der Waals surface area contributed by atoms with E-state index in [1.165, 1.54) is 0 Å². The van der Waals surface area contributed by atoms with Gasteiger partial charge in [-0.25, -0.2) is 4.79 Å². The lowest BCUT2D eigenvalue weighted by atomic mass is 10.1. The highest BCUT2D eigenvalue weighted by atomic mass is 79.9. The number of carbonyl (C=O) groups is 2. The van der Waals surface area contributed by atoms with Crippen LogP contribution in [0.1, 0.15) is 28.6 Å². The normalized spacial score (nSPS) is 15.8. The molecule has 0 N–H and O–H groups in total. The molecule has 0 saturated carbocycles. The minimum atomic E-state index is -0.631.